The lowest BCUT2D eigenvalue weighted by atomic mass is 9.80. The lowest BCUT2D eigenvalue weighted by Crippen LogP contribution is -2.31. The van der Waals surface area contributed by atoms with E-state index in [0.717, 1.165) is 16.7 Å². The second kappa shape index (κ2) is 7.31. The Balaban J connectivity index is 1.62. The molecule has 0 bridgehead atoms. The van der Waals surface area contributed by atoms with Gasteiger partial charge < -0.3 is 19.9 Å². The van der Waals surface area contributed by atoms with E-state index in [4.69, 9.17) is 24.9 Å². The van der Waals surface area contributed by atoms with Gasteiger partial charge in [-0.05, 0) is 63.2 Å². The molecule has 160 valence electrons. The maximum atomic E-state index is 6.22. The van der Waals surface area contributed by atoms with Crippen molar-refractivity contribution in [1.29, 1.82) is 0 Å². The first kappa shape index (κ1) is 20.0. The summed E-state index contributed by atoms with van der Waals surface area (Å²) in [5.74, 6) is 9.06. The number of hydrogen-bond donors (Lipinski definition) is 1. The van der Waals surface area contributed by atoms with Gasteiger partial charge in [-0.2, -0.15) is 0 Å². The molecule has 1 spiro atoms. The fourth-order valence-corrected chi connectivity index (χ4v) is 3.76. The van der Waals surface area contributed by atoms with Crippen molar-refractivity contribution in [2.75, 3.05) is 6.61 Å². The molecule has 32 heavy (non-hydrogen) atoms. The van der Waals surface area contributed by atoms with Gasteiger partial charge in [0, 0.05) is 34.4 Å². The first-order chi connectivity index (χ1) is 15.3. The maximum Gasteiger partial charge on any atom is 0.283 e. The predicted molar refractivity (Wildman–Crippen MR) is 122 cm³/mol. The van der Waals surface area contributed by atoms with Gasteiger partial charge in [0.1, 0.15) is 23.9 Å². The van der Waals surface area contributed by atoms with E-state index >= 15 is 0 Å². The van der Waals surface area contributed by atoms with E-state index < -0.39 is 5.54 Å². The van der Waals surface area contributed by atoms with Crippen LogP contribution < -0.4 is 15.2 Å². The fraction of sp³-hybridized carbons (Fsp3) is 0.231. The predicted octanol–water partition coefficient (Wildman–Crippen LogP) is 4.97. The summed E-state index contributed by atoms with van der Waals surface area (Å²) in [4.78, 5) is 8.97. The topological polar surface area (TPSA) is 79.0 Å². The number of aromatic nitrogens is 1. The van der Waals surface area contributed by atoms with Gasteiger partial charge in [-0.1, -0.05) is 17.9 Å². The molecule has 3 aromatic rings. The molecule has 0 amide bonds. The van der Waals surface area contributed by atoms with Crippen LogP contribution >= 0.6 is 0 Å². The molecule has 0 radical (unpaired) electrons. The number of ether oxygens (including phenoxy) is 3. The van der Waals surface area contributed by atoms with Crippen molar-refractivity contribution in [2.24, 2.45) is 16.1 Å². The standard InChI is InChI=1S/C26H23N3O3/c1-25(2,3)12-11-17-7-9-21-19(14-17)26(16-30-24(27)29-26)20-15-18(8-10-22(20)32-21)31-23-6-4-5-13-28-23/h4-10,13-15H,16H2,1-3H3,(H2,27,29). The highest BCUT2D eigenvalue weighted by molar-refractivity contribution is 5.77. The van der Waals surface area contributed by atoms with Crippen LogP contribution in [0.3, 0.4) is 0 Å². The quantitative estimate of drug-likeness (QED) is 0.587. The molecule has 6 nitrogen and oxygen atoms in total. The van der Waals surface area contributed by atoms with Crippen LogP contribution in [0.25, 0.3) is 0 Å². The number of amidine groups is 1. The highest BCUT2D eigenvalue weighted by atomic mass is 16.5. The Bertz CT molecular complexity index is 1280. The number of pyridine rings is 1. The van der Waals surface area contributed by atoms with Crippen LogP contribution in [0.2, 0.25) is 0 Å². The van der Waals surface area contributed by atoms with Crippen LogP contribution in [0.4, 0.5) is 0 Å². The van der Waals surface area contributed by atoms with Crippen molar-refractivity contribution < 1.29 is 14.2 Å². The Morgan fingerprint density at radius 3 is 2.50 bits per heavy atom. The minimum atomic E-state index is -0.837. The van der Waals surface area contributed by atoms with E-state index in [1.807, 2.05) is 48.5 Å². The molecule has 0 aliphatic carbocycles. The van der Waals surface area contributed by atoms with Gasteiger partial charge in [0.2, 0.25) is 5.88 Å². The number of benzene rings is 2. The van der Waals surface area contributed by atoms with E-state index in [9.17, 15) is 0 Å². The third-order valence-electron chi connectivity index (χ3n) is 5.21. The largest absolute Gasteiger partial charge is 0.462 e. The molecule has 2 N–H and O–H groups in total. The molecular formula is C26H23N3O3. The van der Waals surface area contributed by atoms with Crippen molar-refractivity contribution >= 4 is 6.02 Å². The van der Waals surface area contributed by atoms with E-state index in [0.29, 0.717) is 23.1 Å². The zero-order valence-corrected chi connectivity index (χ0v) is 18.2. The third kappa shape index (κ3) is 3.63. The lowest BCUT2D eigenvalue weighted by Gasteiger charge is -2.33. The van der Waals surface area contributed by atoms with Gasteiger partial charge in [-0.15, -0.1) is 0 Å². The first-order valence-electron chi connectivity index (χ1n) is 10.4. The Hall–Kier alpha value is -3.98. The van der Waals surface area contributed by atoms with Crippen LogP contribution in [0.1, 0.15) is 37.5 Å². The van der Waals surface area contributed by atoms with E-state index in [-0.39, 0.29) is 18.0 Å². The summed E-state index contributed by atoms with van der Waals surface area (Å²) in [5, 5.41) is 0. The lowest BCUT2D eigenvalue weighted by molar-refractivity contribution is 0.264. The number of hydrogen-bond acceptors (Lipinski definition) is 6. The summed E-state index contributed by atoms with van der Waals surface area (Å²) in [5.41, 5.74) is 7.61. The van der Waals surface area contributed by atoms with Gasteiger partial charge in [0.05, 0.1) is 0 Å². The Morgan fingerprint density at radius 2 is 1.81 bits per heavy atom. The minimum absolute atomic E-state index is 0.104. The number of nitrogens with zero attached hydrogens (tertiary/aromatic N) is 2. The average molecular weight is 425 g/mol. The fourth-order valence-electron chi connectivity index (χ4n) is 3.76. The molecule has 2 aromatic carbocycles. The normalized spacial score (nSPS) is 18.4. The van der Waals surface area contributed by atoms with E-state index in [2.05, 4.69) is 37.6 Å². The molecule has 2 aliphatic heterocycles. The molecule has 0 saturated heterocycles. The Kier molecular flexibility index (Phi) is 4.56. The van der Waals surface area contributed by atoms with Gasteiger partial charge in [-0.25, -0.2) is 9.98 Å². The first-order valence-corrected chi connectivity index (χ1v) is 10.4. The van der Waals surface area contributed by atoms with Gasteiger partial charge in [0.25, 0.3) is 6.02 Å². The van der Waals surface area contributed by atoms with Crippen LogP contribution in [-0.4, -0.2) is 17.6 Å². The van der Waals surface area contributed by atoms with Crippen molar-refractivity contribution in [3.05, 3.63) is 77.5 Å². The van der Waals surface area contributed by atoms with Crippen molar-refractivity contribution in [1.82, 2.24) is 4.98 Å². The van der Waals surface area contributed by atoms with Crippen LogP contribution in [0, 0.1) is 17.3 Å². The van der Waals surface area contributed by atoms with Crippen molar-refractivity contribution in [2.45, 2.75) is 26.3 Å². The summed E-state index contributed by atoms with van der Waals surface area (Å²) in [6.45, 7) is 6.51. The summed E-state index contributed by atoms with van der Waals surface area (Å²) in [7, 11) is 0. The highest BCUT2D eigenvalue weighted by Crippen LogP contribution is 2.52. The van der Waals surface area contributed by atoms with Gasteiger partial charge in [0.15, 0.2) is 5.54 Å². The highest BCUT2D eigenvalue weighted by Gasteiger charge is 2.47. The second-order valence-electron chi connectivity index (χ2n) is 8.84. The molecule has 1 aromatic heterocycles. The van der Waals surface area contributed by atoms with Crippen LogP contribution in [-0.2, 0) is 10.3 Å². The average Bonchev–Trinajstić information content (AvgIpc) is 3.16. The summed E-state index contributed by atoms with van der Waals surface area (Å²) in [6.07, 6.45) is 1.69. The third-order valence-corrected chi connectivity index (χ3v) is 5.21. The molecule has 0 fully saturated rings. The van der Waals surface area contributed by atoms with E-state index in [1.54, 1.807) is 12.3 Å². The zero-order valence-electron chi connectivity index (χ0n) is 18.2. The van der Waals surface area contributed by atoms with Crippen molar-refractivity contribution in [3.8, 4) is 35.0 Å². The minimum Gasteiger partial charge on any atom is -0.462 e. The SMILES string of the molecule is CC(C)(C)C#Cc1ccc2c(c1)C1(COC(N)=N1)c1cc(Oc3ccccn3)ccc1O2. The maximum absolute atomic E-state index is 6.22. The van der Waals surface area contributed by atoms with Crippen molar-refractivity contribution in [3.63, 3.8) is 0 Å². The number of nitrogens with two attached hydrogens (primary N) is 1. The summed E-state index contributed by atoms with van der Waals surface area (Å²) in [6, 6.07) is 17.2. The molecule has 1 atom stereocenters. The second-order valence-corrected chi connectivity index (χ2v) is 8.84. The molecule has 5 rings (SSSR count). The Morgan fingerprint density at radius 1 is 1.03 bits per heavy atom. The molecule has 2 aliphatic rings. The summed E-state index contributed by atoms with van der Waals surface area (Å²) < 4.78 is 17.8. The zero-order chi connectivity index (χ0) is 22.3. The molecule has 0 saturated carbocycles. The molecule has 3 heterocycles. The molecule has 6 heteroatoms. The molecule has 1 unspecified atom stereocenters. The Labute approximate surface area is 187 Å². The van der Waals surface area contributed by atoms with Crippen LogP contribution in [0.15, 0.2) is 65.8 Å². The number of rotatable bonds is 2. The molecular weight excluding hydrogens is 402 g/mol. The number of aliphatic imine (C=N–C) groups is 1. The van der Waals surface area contributed by atoms with Gasteiger partial charge >= 0.3 is 0 Å². The van der Waals surface area contributed by atoms with Crippen LogP contribution in [0.5, 0.6) is 23.1 Å². The van der Waals surface area contributed by atoms with E-state index in [1.165, 1.54) is 0 Å². The number of fused-ring (bicyclic) bond motifs is 4. The van der Waals surface area contributed by atoms with Gasteiger partial charge in [-0.3, -0.25) is 0 Å². The monoisotopic (exact) mass is 425 g/mol. The smallest absolute Gasteiger partial charge is 0.283 e. The summed E-state index contributed by atoms with van der Waals surface area (Å²) >= 11 is 0.